The van der Waals surface area contributed by atoms with Gasteiger partial charge in [-0.15, -0.1) is 0 Å². The van der Waals surface area contributed by atoms with Crippen molar-refractivity contribution in [2.24, 2.45) is 5.73 Å². The molecule has 0 aromatic heterocycles. The summed E-state index contributed by atoms with van der Waals surface area (Å²) in [5.41, 5.74) is 5.85. The SMILES string of the molecule is NCC(O)C(CC(=O)O)(c1ccccc1)c1cccc(Cl)c1. The first kappa shape index (κ1) is 16.5. The van der Waals surface area contributed by atoms with Gasteiger partial charge in [0.05, 0.1) is 17.9 Å². The Labute approximate surface area is 134 Å². The lowest BCUT2D eigenvalue weighted by atomic mass is 9.68. The number of carboxylic acid groups (broad SMARTS) is 1. The number of rotatable bonds is 6. The lowest BCUT2D eigenvalue weighted by molar-refractivity contribution is -0.139. The Bertz CT molecular complexity index is 647. The molecule has 0 bridgehead atoms. The zero-order chi connectivity index (χ0) is 16.2. The molecule has 4 N–H and O–H groups in total. The van der Waals surface area contributed by atoms with E-state index in [1.807, 2.05) is 6.07 Å². The predicted octanol–water partition coefficient (Wildman–Crippen LogP) is 2.42. The molecule has 0 spiro atoms. The quantitative estimate of drug-likeness (QED) is 0.763. The molecule has 116 valence electrons. The molecule has 2 aromatic rings. The summed E-state index contributed by atoms with van der Waals surface area (Å²) in [6.07, 6.45) is -1.33. The average molecular weight is 320 g/mol. The maximum Gasteiger partial charge on any atom is 0.304 e. The molecular weight excluding hydrogens is 302 g/mol. The summed E-state index contributed by atoms with van der Waals surface area (Å²) in [7, 11) is 0. The minimum absolute atomic E-state index is 0.0608. The van der Waals surface area contributed by atoms with Crippen LogP contribution in [0.4, 0.5) is 0 Å². The number of halogens is 1. The summed E-state index contributed by atoms with van der Waals surface area (Å²) in [4.78, 5) is 11.5. The molecule has 0 fully saturated rings. The molecule has 4 nitrogen and oxygen atoms in total. The second kappa shape index (κ2) is 6.92. The monoisotopic (exact) mass is 319 g/mol. The lowest BCUT2D eigenvalue weighted by Crippen LogP contribution is -2.46. The zero-order valence-electron chi connectivity index (χ0n) is 11.9. The number of carboxylic acids is 1. The molecule has 0 saturated heterocycles. The van der Waals surface area contributed by atoms with Gasteiger partial charge < -0.3 is 15.9 Å². The molecule has 0 radical (unpaired) electrons. The molecule has 0 aliphatic carbocycles. The maximum atomic E-state index is 11.5. The highest BCUT2D eigenvalue weighted by Crippen LogP contribution is 2.39. The van der Waals surface area contributed by atoms with Crippen LogP contribution in [0.2, 0.25) is 5.02 Å². The summed E-state index contributed by atoms with van der Waals surface area (Å²) in [6, 6.07) is 15.9. The fraction of sp³-hybridized carbons (Fsp3) is 0.235. The van der Waals surface area contributed by atoms with Gasteiger partial charge in [-0.25, -0.2) is 0 Å². The Balaban J connectivity index is 2.72. The molecule has 2 atom stereocenters. The molecule has 2 unspecified atom stereocenters. The third kappa shape index (κ3) is 3.14. The van der Waals surface area contributed by atoms with Gasteiger partial charge in [0, 0.05) is 11.6 Å². The minimum Gasteiger partial charge on any atom is -0.481 e. The van der Waals surface area contributed by atoms with E-state index in [0.717, 1.165) is 0 Å². The number of carbonyl (C=O) groups is 1. The molecule has 2 aromatic carbocycles. The van der Waals surface area contributed by atoms with Crippen molar-refractivity contribution in [3.63, 3.8) is 0 Å². The highest BCUT2D eigenvalue weighted by atomic mass is 35.5. The van der Waals surface area contributed by atoms with Crippen LogP contribution in [-0.2, 0) is 10.2 Å². The van der Waals surface area contributed by atoms with Gasteiger partial charge in [0.25, 0.3) is 0 Å². The van der Waals surface area contributed by atoms with E-state index in [0.29, 0.717) is 16.1 Å². The van der Waals surface area contributed by atoms with Crippen LogP contribution < -0.4 is 5.73 Å². The van der Waals surface area contributed by atoms with Gasteiger partial charge in [-0.3, -0.25) is 4.79 Å². The Morgan fingerprint density at radius 2 is 1.77 bits per heavy atom. The third-order valence-electron chi connectivity index (χ3n) is 3.85. The van der Waals surface area contributed by atoms with Crippen LogP contribution in [0.15, 0.2) is 54.6 Å². The summed E-state index contributed by atoms with van der Waals surface area (Å²) >= 11 is 6.06. The van der Waals surface area contributed by atoms with Crippen LogP contribution in [0.1, 0.15) is 17.5 Å². The largest absolute Gasteiger partial charge is 0.481 e. The molecule has 0 aliphatic rings. The number of hydrogen-bond acceptors (Lipinski definition) is 3. The van der Waals surface area contributed by atoms with Crippen molar-refractivity contribution in [3.8, 4) is 0 Å². The van der Waals surface area contributed by atoms with E-state index in [2.05, 4.69) is 0 Å². The molecule has 5 heteroatoms. The van der Waals surface area contributed by atoms with E-state index in [1.165, 1.54) is 0 Å². The van der Waals surface area contributed by atoms with E-state index in [-0.39, 0.29) is 13.0 Å². The van der Waals surface area contributed by atoms with Crippen LogP contribution in [0.3, 0.4) is 0 Å². The number of aliphatic carboxylic acids is 1. The van der Waals surface area contributed by atoms with Crippen LogP contribution in [0, 0.1) is 0 Å². The van der Waals surface area contributed by atoms with Gasteiger partial charge in [0.1, 0.15) is 0 Å². The Morgan fingerprint density at radius 3 is 2.32 bits per heavy atom. The first-order valence-corrected chi connectivity index (χ1v) is 7.30. The first-order valence-electron chi connectivity index (χ1n) is 6.92. The Kier molecular flexibility index (Phi) is 5.19. The lowest BCUT2D eigenvalue weighted by Gasteiger charge is -2.38. The zero-order valence-corrected chi connectivity index (χ0v) is 12.7. The maximum absolute atomic E-state index is 11.5. The highest BCUT2D eigenvalue weighted by Gasteiger charge is 2.42. The van der Waals surface area contributed by atoms with Gasteiger partial charge in [-0.2, -0.15) is 0 Å². The molecule has 0 saturated carbocycles. The van der Waals surface area contributed by atoms with Gasteiger partial charge in [0.2, 0.25) is 0 Å². The number of aliphatic hydroxyl groups excluding tert-OH is 1. The standard InChI is InChI=1S/C17H18ClNO3/c18-14-8-4-7-13(9-14)17(10-16(21)22,15(20)11-19)12-5-2-1-3-6-12/h1-9,15,20H,10-11,19H2,(H,21,22). The van der Waals surface area contributed by atoms with E-state index in [9.17, 15) is 15.0 Å². The number of nitrogens with two attached hydrogens (primary N) is 1. The summed E-state index contributed by atoms with van der Waals surface area (Å²) in [5, 5.41) is 20.5. The first-order chi connectivity index (χ1) is 10.5. The third-order valence-corrected chi connectivity index (χ3v) is 4.09. The fourth-order valence-corrected chi connectivity index (χ4v) is 3.00. The second-order valence-corrected chi connectivity index (χ2v) is 5.61. The van der Waals surface area contributed by atoms with Gasteiger partial charge in [-0.05, 0) is 23.3 Å². The van der Waals surface area contributed by atoms with E-state index in [1.54, 1.807) is 48.5 Å². The van der Waals surface area contributed by atoms with Crippen molar-refractivity contribution in [3.05, 3.63) is 70.7 Å². The van der Waals surface area contributed by atoms with Gasteiger partial charge in [0.15, 0.2) is 0 Å². The summed E-state index contributed by atoms with van der Waals surface area (Å²) < 4.78 is 0. The predicted molar refractivity (Wildman–Crippen MR) is 86.0 cm³/mol. The smallest absolute Gasteiger partial charge is 0.304 e. The van der Waals surface area contributed by atoms with E-state index in [4.69, 9.17) is 17.3 Å². The molecule has 0 heterocycles. The average Bonchev–Trinajstić information content (AvgIpc) is 2.52. The molecule has 0 amide bonds. The van der Waals surface area contributed by atoms with Crippen LogP contribution >= 0.6 is 11.6 Å². The molecule has 2 rings (SSSR count). The van der Waals surface area contributed by atoms with Crippen LogP contribution in [0.25, 0.3) is 0 Å². The second-order valence-electron chi connectivity index (χ2n) is 5.17. The Morgan fingerprint density at radius 1 is 1.14 bits per heavy atom. The number of benzene rings is 2. The van der Waals surface area contributed by atoms with Crippen LogP contribution in [-0.4, -0.2) is 28.8 Å². The van der Waals surface area contributed by atoms with E-state index >= 15 is 0 Å². The minimum atomic E-state index is -1.15. The van der Waals surface area contributed by atoms with Crippen molar-refractivity contribution in [1.82, 2.24) is 0 Å². The summed E-state index contributed by atoms with van der Waals surface area (Å²) in [5.74, 6) is -1.02. The number of hydrogen-bond donors (Lipinski definition) is 3. The molecular formula is C17H18ClNO3. The number of aliphatic hydroxyl groups is 1. The van der Waals surface area contributed by atoms with Crippen molar-refractivity contribution < 1.29 is 15.0 Å². The Hall–Kier alpha value is -1.88. The van der Waals surface area contributed by atoms with Crippen molar-refractivity contribution in [2.45, 2.75) is 17.9 Å². The van der Waals surface area contributed by atoms with Crippen molar-refractivity contribution in [2.75, 3.05) is 6.54 Å². The van der Waals surface area contributed by atoms with Gasteiger partial charge in [-0.1, -0.05) is 54.1 Å². The normalized spacial score (nSPS) is 15.0. The van der Waals surface area contributed by atoms with Crippen molar-refractivity contribution >= 4 is 17.6 Å². The molecule has 22 heavy (non-hydrogen) atoms. The topological polar surface area (TPSA) is 83.5 Å². The van der Waals surface area contributed by atoms with Crippen LogP contribution in [0.5, 0.6) is 0 Å². The van der Waals surface area contributed by atoms with Crippen molar-refractivity contribution in [1.29, 1.82) is 0 Å². The van der Waals surface area contributed by atoms with Gasteiger partial charge >= 0.3 is 5.97 Å². The van der Waals surface area contributed by atoms with E-state index < -0.39 is 17.5 Å². The summed E-state index contributed by atoms with van der Waals surface area (Å²) in [6.45, 7) is -0.0608. The fourth-order valence-electron chi connectivity index (χ4n) is 2.81. The molecule has 0 aliphatic heterocycles. The highest BCUT2D eigenvalue weighted by molar-refractivity contribution is 6.30.